The van der Waals surface area contributed by atoms with E-state index in [9.17, 15) is 14.7 Å². The fourth-order valence-electron chi connectivity index (χ4n) is 3.06. The number of ether oxygens (including phenoxy) is 1. The molecule has 1 aliphatic heterocycles. The molecular formula is C14H23NO4. The third-order valence-corrected chi connectivity index (χ3v) is 4.46. The summed E-state index contributed by atoms with van der Waals surface area (Å²) in [6.07, 6.45) is 5.83. The van der Waals surface area contributed by atoms with Gasteiger partial charge in [0.05, 0.1) is 5.41 Å². The van der Waals surface area contributed by atoms with E-state index < -0.39 is 11.4 Å². The maximum atomic E-state index is 12.0. The van der Waals surface area contributed by atoms with Gasteiger partial charge in [-0.1, -0.05) is 19.3 Å². The Labute approximate surface area is 113 Å². The highest BCUT2D eigenvalue weighted by Crippen LogP contribution is 2.36. The Balaban J connectivity index is 1.87. The summed E-state index contributed by atoms with van der Waals surface area (Å²) in [5, 5.41) is 12.3. The van der Waals surface area contributed by atoms with Crippen molar-refractivity contribution in [3.63, 3.8) is 0 Å². The maximum absolute atomic E-state index is 12.0. The molecule has 2 rings (SSSR count). The van der Waals surface area contributed by atoms with Crippen molar-refractivity contribution in [2.75, 3.05) is 19.8 Å². The lowest BCUT2D eigenvalue weighted by molar-refractivity contribution is -0.151. The highest BCUT2D eigenvalue weighted by molar-refractivity contribution is 5.80. The number of hydrogen-bond acceptors (Lipinski definition) is 3. The first-order chi connectivity index (χ1) is 9.14. The van der Waals surface area contributed by atoms with Gasteiger partial charge in [0.2, 0.25) is 5.91 Å². The Bertz CT molecular complexity index is 330. The van der Waals surface area contributed by atoms with Crippen LogP contribution in [-0.2, 0) is 14.3 Å². The fourth-order valence-corrected chi connectivity index (χ4v) is 3.06. The maximum Gasteiger partial charge on any atom is 0.311 e. The Hall–Kier alpha value is -1.10. The van der Waals surface area contributed by atoms with Gasteiger partial charge in [-0.25, -0.2) is 0 Å². The van der Waals surface area contributed by atoms with E-state index in [0.717, 1.165) is 32.1 Å². The minimum absolute atomic E-state index is 0.00509. The molecule has 108 valence electrons. The van der Waals surface area contributed by atoms with Crippen LogP contribution in [0.3, 0.4) is 0 Å². The molecule has 1 heterocycles. The number of hydrogen-bond donors (Lipinski definition) is 2. The van der Waals surface area contributed by atoms with Crippen molar-refractivity contribution in [2.45, 2.75) is 44.9 Å². The molecule has 5 heteroatoms. The zero-order valence-electron chi connectivity index (χ0n) is 11.3. The second kappa shape index (κ2) is 6.37. The molecule has 1 amide bonds. The van der Waals surface area contributed by atoms with Crippen LogP contribution in [0.25, 0.3) is 0 Å². The van der Waals surface area contributed by atoms with Gasteiger partial charge in [-0.3, -0.25) is 9.59 Å². The van der Waals surface area contributed by atoms with Gasteiger partial charge < -0.3 is 15.2 Å². The van der Waals surface area contributed by atoms with Crippen LogP contribution in [0.2, 0.25) is 0 Å². The van der Waals surface area contributed by atoms with Crippen LogP contribution in [0, 0.1) is 11.3 Å². The summed E-state index contributed by atoms with van der Waals surface area (Å²) in [5.41, 5.74) is -0.737. The van der Waals surface area contributed by atoms with E-state index in [1.54, 1.807) is 0 Å². The normalized spacial score (nSPS) is 23.8. The van der Waals surface area contributed by atoms with Gasteiger partial charge in [0.15, 0.2) is 0 Å². The smallest absolute Gasteiger partial charge is 0.311 e. The Morgan fingerprint density at radius 2 is 1.79 bits per heavy atom. The number of rotatable bonds is 4. The Kier molecular flexibility index (Phi) is 4.80. The zero-order chi connectivity index (χ0) is 13.7. The summed E-state index contributed by atoms with van der Waals surface area (Å²) >= 11 is 0. The summed E-state index contributed by atoms with van der Waals surface area (Å²) in [6, 6.07) is 0. The van der Waals surface area contributed by atoms with Gasteiger partial charge in [-0.15, -0.1) is 0 Å². The van der Waals surface area contributed by atoms with E-state index in [-0.39, 0.29) is 18.4 Å². The second-order valence-corrected chi connectivity index (χ2v) is 5.75. The van der Waals surface area contributed by atoms with Crippen LogP contribution in [-0.4, -0.2) is 36.7 Å². The van der Waals surface area contributed by atoms with Crippen molar-refractivity contribution in [1.82, 2.24) is 5.32 Å². The number of carbonyl (C=O) groups is 2. The average Bonchev–Trinajstić information content (AvgIpc) is 2.46. The quantitative estimate of drug-likeness (QED) is 0.812. The van der Waals surface area contributed by atoms with Crippen molar-refractivity contribution in [3.05, 3.63) is 0 Å². The molecule has 0 radical (unpaired) electrons. The van der Waals surface area contributed by atoms with E-state index in [1.165, 1.54) is 0 Å². The van der Waals surface area contributed by atoms with Gasteiger partial charge in [0.25, 0.3) is 0 Å². The first-order valence-corrected chi connectivity index (χ1v) is 7.23. The number of carbonyl (C=O) groups excluding carboxylic acids is 1. The first kappa shape index (κ1) is 14.3. The standard InChI is InChI=1S/C14H23NO4/c16-12(11-4-8-19-9-5-11)15-10-14(13(17)18)6-2-1-3-7-14/h11H,1-10H2,(H,15,16)(H,17,18). The lowest BCUT2D eigenvalue weighted by Gasteiger charge is -2.34. The van der Waals surface area contributed by atoms with Crippen LogP contribution in [0.15, 0.2) is 0 Å². The molecular weight excluding hydrogens is 246 g/mol. The van der Waals surface area contributed by atoms with E-state index in [1.807, 2.05) is 0 Å². The summed E-state index contributed by atoms with van der Waals surface area (Å²) in [5.74, 6) is -0.780. The molecule has 0 unspecified atom stereocenters. The van der Waals surface area contributed by atoms with Gasteiger partial charge in [-0.2, -0.15) is 0 Å². The van der Waals surface area contributed by atoms with Crippen LogP contribution in [0.1, 0.15) is 44.9 Å². The zero-order valence-corrected chi connectivity index (χ0v) is 11.3. The number of amides is 1. The molecule has 0 aromatic carbocycles. The Morgan fingerprint density at radius 3 is 2.37 bits per heavy atom. The summed E-state index contributed by atoms with van der Waals surface area (Å²) in [7, 11) is 0. The largest absolute Gasteiger partial charge is 0.481 e. The third-order valence-electron chi connectivity index (χ3n) is 4.46. The highest BCUT2D eigenvalue weighted by Gasteiger charge is 2.40. The third kappa shape index (κ3) is 3.47. The van der Waals surface area contributed by atoms with Gasteiger partial charge in [0, 0.05) is 25.7 Å². The second-order valence-electron chi connectivity index (χ2n) is 5.75. The molecule has 1 saturated heterocycles. The molecule has 0 aromatic heterocycles. The van der Waals surface area contributed by atoms with E-state index >= 15 is 0 Å². The fraction of sp³-hybridized carbons (Fsp3) is 0.857. The molecule has 2 N–H and O–H groups in total. The summed E-state index contributed by atoms with van der Waals surface area (Å²) < 4.78 is 5.23. The number of aliphatic carboxylic acids is 1. The molecule has 2 fully saturated rings. The van der Waals surface area contributed by atoms with Crippen LogP contribution < -0.4 is 5.32 Å². The van der Waals surface area contributed by atoms with Crippen LogP contribution in [0.4, 0.5) is 0 Å². The first-order valence-electron chi connectivity index (χ1n) is 7.23. The van der Waals surface area contributed by atoms with E-state index in [2.05, 4.69) is 5.32 Å². The molecule has 0 spiro atoms. The van der Waals surface area contributed by atoms with E-state index in [0.29, 0.717) is 26.1 Å². The van der Waals surface area contributed by atoms with Crippen molar-refractivity contribution in [3.8, 4) is 0 Å². The van der Waals surface area contributed by atoms with Crippen molar-refractivity contribution in [2.24, 2.45) is 11.3 Å². The lowest BCUT2D eigenvalue weighted by Crippen LogP contribution is -2.46. The van der Waals surface area contributed by atoms with Crippen LogP contribution >= 0.6 is 0 Å². The minimum atomic E-state index is -0.764. The molecule has 0 atom stereocenters. The molecule has 1 aliphatic carbocycles. The summed E-state index contributed by atoms with van der Waals surface area (Å²) in [6.45, 7) is 1.53. The summed E-state index contributed by atoms with van der Waals surface area (Å²) in [4.78, 5) is 23.5. The Morgan fingerprint density at radius 1 is 1.16 bits per heavy atom. The number of nitrogens with one attached hydrogen (secondary N) is 1. The minimum Gasteiger partial charge on any atom is -0.481 e. The molecule has 5 nitrogen and oxygen atoms in total. The topological polar surface area (TPSA) is 75.6 Å². The SMILES string of the molecule is O=C(NCC1(C(=O)O)CCCCC1)C1CCOCC1. The average molecular weight is 269 g/mol. The molecule has 2 aliphatic rings. The van der Waals surface area contributed by atoms with Crippen molar-refractivity contribution >= 4 is 11.9 Å². The van der Waals surface area contributed by atoms with E-state index in [4.69, 9.17) is 4.74 Å². The van der Waals surface area contributed by atoms with Gasteiger partial charge >= 0.3 is 5.97 Å². The number of carboxylic acid groups (broad SMARTS) is 1. The number of carboxylic acids is 1. The molecule has 0 aromatic rings. The van der Waals surface area contributed by atoms with Crippen LogP contribution in [0.5, 0.6) is 0 Å². The predicted octanol–water partition coefficient (Wildman–Crippen LogP) is 1.56. The monoisotopic (exact) mass is 269 g/mol. The van der Waals surface area contributed by atoms with Crippen molar-refractivity contribution < 1.29 is 19.4 Å². The predicted molar refractivity (Wildman–Crippen MR) is 69.7 cm³/mol. The van der Waals surface area contributed by atoms with Gasteiger partial charge in [-0.05, 0) is 25.7 Å². The lowest BCUT2D eigenvalue weighted by atomic mass is 9.74. The van der Waals surface area contributed by atoms with Crippen molar-refractivity contribution in [1.29, 1.82) is 0 Å². The molecule has 19 heavy (non-hydrogen) atoms. The molecule has 1 saturated carbocycles. The molecule has 0 bridgehead atoms. The highest BCUT2D eigenvalue weighted by atomic mass is 16.5. The van der Waals surface area contributed by atoms with Gasteiger partial charge in [0.1, 0.15) is 0 Å².